The van der Waals surface area contributed by atoms with Gasteiger partial charge in [-0.25, -0.2) is 4.39 Å². The minimum atomic E-state index is -0.449. The van der Waals surface area contributed by atoms with E-state index >= 15 is 0 Å². The Morgan fingerprint density at radius 1 is 1.03 bits per heavy atom. The van der Waals surface area contributed by atoms with E-state index in [-0.39, 0.29) is 5.91 Å². The van der Waals surface area contributed by atoms with Crippen molar-refractivity contribution in [3.8, 4) is 11.1 Å². The summed E-state index contributed by atoms with van der Waals surface area (Å²) in [5, 5.41) is 16.4. The topological polar surface area (TPSA) is 74.6 Å². The van der Waals surface area contributed by atoms with Crippen molar-refractivity contribution in [3.63, 3.8) is 0 Å². The molecule has 0 aliphatic carbocycles. The number of aromatic nitrogens is 1. The summed E-state index contributed by atoms with van der Waals surface area (Å²) in [6.07, 6.45) is 1.67. The van der Waals surface area contributed by atoms with Crippen molar-refractivity contribution >= 4 is 28.2 Å². The molecule has 1 heterocycles. The first-order chi connectivity index (χ1) is 15.0. The number of rotatable bonds is 4. The molecule has 0 radical (unpaired) electrons. The third kappa shape index (κ3) is 3.88. The van der Waals surface area contributed by atoms with Gasteiger partial charge >= 0.3 is 0 Å². The molecular formula is C25H20FN3O2. The highest BCUT2D eigenvalue weighted by molar-refractivity contribution is 6.14. The van der Waals surface area contributed by atoms with Crippen LogP contribution in [0.3, 0.4) is 0 Å². The summed E-state index contributed by atoms with van der Waals surface area (Å²) in [4.78, 5) is 17.8. The molecule has 1 aromatic heterocycles. The van der Waals surface area contributed by atoms with E-state index in [4.69, 9.17) is 0 Å². The molecule has 0 atom stereocenters. The van der Waals surface area contributed by atoms with Crippen LogP contribution in [0.4, 0.5) is 10.1 Å². The number of hydrogen-bond acceptors (Lipinski definition) is 4. The van der Waals surface area contributed by atoms with E-state index in [1.54, 1.807) is 37.4 Å². The Kier molecular flexibility index (Phi) is 5.45. The molecule has 31 heavy (non-hydrogen) atoms. The number of amides is 1. The van der Waals surface area contributed by atoms with Gasteiger partial charge in [-0.1, -0.05) is 41.6 Å². The lowest BCUT2D eigenvalue weighted by molar-refractivity contribution is 0.102. The maximum absolute atomic E-state index is 14.1. The fourth-order valence-corrected chi connectivity index (χ4v) is 3.69. The van der Waals surface area contributed by atoms with Crippen LogP contribution < -0.4 is 5.32 Å². The van der Waals surface area contributed by atoms with Gasteiger partial charge in [-0.3, -0.25) is 9.78 Å². The maximum Gasteiger partial charge on any atom is 0.256 e. The van der Waals surface area contributed by atoms with Crippen molar-refractivity contribution < 1.29 is 14.4 Å². The smallest absolute Gasteiger partial charge is 0.256 e. The van der Waals surface area contributed by atoms with Crippen molar-refractivity contribution in [2.24, 2.45) is 5.16 Å². The van der Waals surface area contributed by atoms with Crippen LogP contribution in [0.1, 0.15) is 28.4 Å². The molecule has 2 N–H and O–H groups in total. The Labute approximate surface area is 178 Å². The Balaban J connectivity index is 1.85. The minimum Gasteiger partial charge on any atom is -0.411 e. The second-order valence-corrected chi connectivity index (χ2v) is 7.21. The SMILES string of the molecule is C/C(=N/O)c1ccc(F)cc1-c1cccc(C)c1C(=O)Nc1cccc2cccnc12. The zero-order chi connectivity index (χ0) is 22.0. The highest BCUT2D eigenvalue weighted by Crippen LogP contribution is 2.32. The van der Waals surface area contributed by atoms with Crippen molar-refractivity contribution in [2.45, 2.75) is 13.8 Å². The number of para-hydroxylation sites is 1. The molecule has 154 valence electrons. The molecule has 0 bridgehead atoms. The summed E-state index contributed by atoms with van der Waals surface area (Å²) in [5.41, 5.74) is 4.29. The molecule has 0 aliphatic heterocycles. The number of nitrogens with one attached hydrogen (secondary N) is 1. The van der Waals surface area contributed by atoms with Gasteiger partial charge in [0.15, 0.2) is 0 Å². The third-order valence-corrected chi connectivity index (χ3v) is 5.19. The number of aryl methyl sites for hydroxylation is 1. The molecule has 0 aliphatic rings. The Morgan fingerprint density at radius 2 is 1.81 bits per heavy atom. The molecule has 3 aromatic carbocycles. The zero-order valence-corrected chi connectivity index (χ0v) is 17.1. The van der Waals surface area contributed by atoms with Gasteiger partial charge in [0.1, 0.15) is 5.82 Å². The van der Waals surface area contributed by atoms with Crippen LogP contribution in [0.5, 0.6) is 0 Å². The number of oxime groups is 1. The summed E-state index contributed by atoms with van der Waals surface area (Å²) < 4.78 is 14.1. The second-order valence-electron chi connectivity index (χ2n) is 7.21. The van der Waals surface area contributed by atoms with Gasteiger partial charge in [0.25, 0.3) is 5.91 Å². The number of halogens is 1. The largest absolute Gasteiger partial charge is 0.411 e. The van der Waals surface area contributed by atoms with E-state index in [1.807, 2.05) is 37.3 Å². The average Bonchev–Trinajstić information content (AvgIpc) is 2.78. The molecule has 5 nitrogen and oxygen atoms in total. The molecule has 0 unspecified atom stereocenters. The van der Waals surface area contributed by atoms with Gasteiger partial charge in [0.2, 0.25) is 0 Å². The summed E-state index contributed by atoms with van der Waals surface area (Å²) in [5.74, 6) is -0.782. The predicted octanol–water partition coefficient (Wildman–Crippen LogP) is 5.80. The van der Waals surface area contributed by atoms with E-state index in [9.17, 15) is 14.4 Å². The zero-order valence-electron chi connectivity index (χ0n) is 17.1. The summed E-state index contributed by atoms with van der Waals surface area (Å²) in [6.45, 7) is 3.44. The van der Waals surface area contributed by atoms with Crippen molar-refractivity contribution in [1.82, 2.24) is 4.98 Å². The number of carbonyl (C=O) groups is 1. The van der Waals surface area contributed by atoms with Crippen LogP contribution in [0.15, 0.2) is 78.1 Å². The van der Waals surface area contributed by atoms with Crippen molar-refractivity contribution in [2.75, 3.05) is 5.32 Å². The lowest BCUT2D eigenvalue weighted by Gasteiger charge is -2.16. The highest BCUT2D eigenvalue weighted by atomic mass is 19.1. The predicted molar refractivity (Wildman–Crippen MR) is 120 cm³/mol. The van der Waals surface area contributed by atoms with E-state index in [0.717, 1.165) is 10.9 Å². The van der Waals surface area contributed by atoms with Crippen LogP contribution in [0, 0.1) is 12.7 Å². The standard InChI is InChI=1S/C25H20FN3O2/c1-15-6-3-9-20(21-14-18(26)11-12-19(21)16(2)29-31)23(15)25(30)28-22-10-4-7-17-8-5-13-27-24(17)22/h3-14,31H,1-2H3,(H,28,30)/b29-16-. The van der Waals surface area contributed by atoms with Gasteiger partial charge < -0.3 is 10.5 Å². The first-order valence-electron chi connectivity index (χ1n) is 9.73. The van der Waals surface area contributed by atoms with Crippen molar-refractivity contribution in [3.05, 3.63) is 95.4 Å². The van der Waals surface area contributed by atoms with E-state index in [2.05, 4.69) is 15.5 Å². The fraction of sp³-hybridized carbons (Fsp3) is 0.0800. The number of carbonyl (C=O) groups excluding carboxylic acids is 1. The van der Waals surface area contributed by atoms with Gasteiger partial charge in [0, 0.05) is 17.1 Å². The molecular weight excluding hydrogens is 393 g/mol. The summed E-state index contributed by atoms with van der Waals surface area (Å²) in [7, 11) is 0. The van der Waals surface area contributed by atoms with Crippen LogP contribution in [0.25, 0.3) is 22.0 Å². The molecule has 4 aromatic rings. The molecule has 0 spiro atoms. The quantitative estimate of drug-likeness (QED) is 0.252. The average molecular weight is 413 g/mol. The lowest BCUT2D eigenvalue weighted by Crippen LogP contribution is -2.16. The summed E-state index contributed by atoms with van der Waals surface area (Å²) >= 11 is 0. The van der Waals surface area contributed by atoms with Gasteiger partial charge in [-0.05, 0) is 60.9 Å². The number of nitrogens with zero attached hydrogens (tertiary/aromatic N) is 2. The van der Waals surface area contributed by atoms with Crippen LogP contribution in [-0.4, -0.2) is 21.8 Å². The highest BCUT2D eigenvalue weighted by Gasteiger charge is 2.20. The lowest BCUT2D eigenvalue weighted by atomic mass is 9.90. The van der Waals surface area contributed by atoms with Gasteiger partial charge in [0.05, 0.1) is 22.5 Å². The summed E-state index contributed by atoms with van der Waals surface area (Å²) in [6, 6.07) is 18.9. The van der Waals surface area contributed by atoms with E-state index < -0.39 is 5.82 Å². The fourth-order valence-electron chi connectivity index (χ4n) is 3.69. The minimum absolute atomic E-state index is 0.320. The number of anilines is 1. The molecule has 1 amide bonds. The number of hydrogen-bond donors (Lipinski definition) is 2. The van der Waals surface area contributed by atoms with Gasteiger partial charge in [-0.2, -0.15) is 0 Å². The molecule has 0 saturated carbocycles. The maximum atomic E-state index is 14.1. The second kappa shape index (κ2) is 8.36. The van der Waals surface area contributed by atoms with Gasteiger partial charge in [-0.15, -0.1) is 0 Å². The first-order valence-corrected chi connectivity index (χ1v) is 9.73. The Bertz CT molecular complexity index is 1330. The molecule has 6 heteroatoms. The number of pyridine rings is 1. The molecule has 4 rings (SSSR count). The van der Waals surface area contributed by atoms with E-state index in [1.165, 1.54) is 12.1 Å². The Hall–Kier alpha value is -4.06. The Morgan fingerprint density at radius 3 is 2.61 bits per heavy atom. The van der Waals surface area contributed by atoms with Crippen molar-refractivity contribution in [1.29, 1.82) is 0 Å². The number of benzene rings is 3. The number of fused-ring (bicyclic) bond motifs is 1. The molecule has 0 saturated heterocycles. The van der Waals surface area contributed by atoms with Crippen LogP contribution >= 0.6 is 0 Å². The molecule has 0 fully saturated rings. The van der Waals surface area contributed by atoms with Crippen LogP contribution in [-0.2, 0) is 0 Å². The monoisotopic (exact) mass is 413 g/mol. The van der Waals surface area contributed by atoms with Crippen LogP contribution in [0.2, 0.25) is 0 Å². The third-order valence-electron chi connectivity index (χ3n) is 5.19. The van der Waals surface area contributed by atoms with E-state index in [0.29, 0.717) is 39.2 Å². The normalized spacial score (nSPS) is 11.5. The first kappa shape index (κ1) is 20.2.